The van der Waals surface area contributed by atoms with Crippen LogP contribution in [-0.2, 0) is 4.79 Å². The lowest BCUT2D eigenvalue weighted by Crippen LogP contribution is -2.45. The van der Waals surface area contributed by atoms with Gasteiger partial charge >= 0.3 is 0 Å². The van der Waals surface area contributed by atoms with E-state index in [9.17, 15) is 4.79 Å². The second kappa shape index (κ2) is 9.17. The molecule has 2 atom stereocenters. The Morgan fingerprint density at radius 1 is 0.967 bits per heavy atom. The Balaban J connectivity index is 1.58. The molecule has 2 fully saturated rings. The minimum Gasteiger partial charge on any atom is -0.369 e. The number of piperazine rings is 1. The van der Waals surface area contributed by atoms with Crippen LogP contribution in [0.4, 0.5) is 11.4 Å². The molecule has 4 nitrogen and oxygen atoms in total. The van der Waals surface area contributed by atoms with Crippen LogP contribution in [0.15, 0.2) is 42.5 Å². The van der Waals surface area contributed by atoms with Crippen LogP contribution in [0.25, 0.3) is 0 Å². The van der Waals surface area contributed by atoms with Gasteiger partial charge in [-0.3, -0.25) is 4.79 Å². The molecule has 0 saturated carbocycles. The predicted molar refractivity (Wildman–Crippen MR) is 126 cm³/mol. The topological polar surface area (TPSA) is 26.8 Å². The third-order valence-corrected chi connectivity index (χ3v) is 7.31. The lowest BCUT2D eigenvalue weighted by atomic mass is 9.80. The zero-order chi connectivity index (χ0) is 21.3. The second-order valence-corrected chi connectivity index (χ2v) is 9.29. The molecule has 6 heteroatoms. The Bertz CT molecular complexity index is 911. The maximum absolute atomic E-state index is 13.5. The van der Waals surface area contributed by atoms with Gasteiger partial charge in [-0.25, -0.2) is 0 Å². The van der Waals surface area contributed by atoms with E-state index in [1.807, 2.05) is 11.0 Å². The third kappa shape index (κ3) is 4.32. The summed E-state index contributed by atoms with van der Waals surface area (Å²) in [5.41, 5.74) is 3.38. The third-order valence-electron chi connectivity index (χ3n) is 6.57. The Hall–Kier alpha value is -1.75. The van der Waals surface area contributed by atoms with Gasteiger partial charge in [0.2, 0.25) is 5.91 Å². The number of carbonyl (C=O) groups excluding carboxylic acids is 1. The van der Waals surface area contributed by atoms with E-state index in [0.29, 0.717) is 10.0 Å². The quantitative estimate of drug-likeness (QED) is 0.639. The molecule has 160 valence electrons. The van der Waals surface area contributed by atoms with E-state index in [2.05, 4.69) is 48.0 Å². The number of likely N-dealkylation sites (N-methyl/N-ethyl adjacent to an activating group) is 1. The number of anilines is 2. The van der Waals surface area contributed by atoms with E-state index in [0.717, 1.165) is 51.3 Å². The molecule has 4 rings (SSSR count). The zero-order valence-electron chi connectivity index (χ0n) is 17.7. The van der Waals surface area contributed by atoms with E-state index < -0.39 is 0 Å². The molecule has 2 aromatic carbocycles. The van der Waals surface area contributed by atoms with E-state index in [4.69, 9.17) is 23.2 Å². The first-order valence-corrected chi connectivity index (χ1v) is 11.5. The summed E-state index contributed by atoms with van der Waals surface area (Å²) in [6.45, 7) is 7.10. The first-order valence-electron chi connectivity index (χ1n) is 10.7. The number of rotatable bonds is 4. The highest BCUT2D eigenvalue weighted by atomic mass is 35.5. The maximum Gasteiger partial charge on any atom is 0.230 e. The van der Waals surface area contributed by atoms with Crippen molar-refractivity contribution in [2.75, 3.05) is 49.6 Å². The van der Waals surface area contributed by atoms with Crippen molar-refractivity contribution in [2.45, 2.75) is 25.7 Å². The molecule has 2 saturated heterocycles. The molecule has 2 aromatic rings. The van der Waals surface area contributed by atoms with Crippen molar-refractivity contribution >= 4 is 40.5 Å². The molecule has 0 N–H and O–H groups in total. The number of benzene rings is 2. The molecular formula is C24H29Cl2N3O. The zero-order valence-corrected chi connectivity index (χ0v) is 19.2. The summed E-state index contributed by atoms with van der Waals surface area (Å²) in [7, 11) is 2.17. The van der Waals surface area contributed by atoms with E-state index in [1.54, 1.807) is 12.1 Å². The van der Waals surface area contributed by atoms with Gasteiger partial charge in [0.1, 0.15) is 0 Å². The average Bonchev–Trinajstić information content (AvgIpc) is 2.76. The molecule has 0 aromatic heterocycles. The number of para-hydroxylation sites is 1. The molecule has 2 heterocycles. The fraction of sp³-hybridized carbons (Fsp3) is 0.458. The lowest BCUT2D eigenvalue weighted by molar-refractivity contribution is -0.124. The molecule has 0 bridgehead atoms. The normalized spacial score (nSPS) is 21.7. The van der Waals surface area contributed by atoms with Crippen molar-refractivity contribution in [3.8, 4) is 0 Å². The van der Waals surface area contributed by atoms with Gasteiger partial charge in [-0.1, -0.05) is 48.3 Å². The van der Waals surface area contributed by atoms with Gasteiger partial charge < -0.3 is 14.7 Å². The standard InChI is InChI=1S/C24H29Cl2N3O/c1-17(19-6-3-4-8-23(19)28-14-12-27(2)13-15-28)20-7-5-11-29(24(20)30)18-9-10-21(25)22(26)16-18/h3-4,6,8-10,16-17,20H,5,7,11-15H2,1-2H3. The van der Waals surface area contributed by atoms with Gasteiger partial charge in [0.25, 0.3) is 0 Å². The van der Waals surface area contributed by atoms with Gasteiger partial charge in [0.15, 0.2) is 0 Å². The van der Waals surface area contributed by atoms with Crippen molar-refractivity contribution in [3.05, 3.63) is 58.1 Å². The minimum atomic E-state index is -0.0400. The van der Waals surface area contributed by atoms with Crippen molar-refractivity contribution < 1.29 is 4.79 Å². The summed E-state index contributed by atoms with van der Waals surface area (Å²) in [4.78, 5) is 20.2. The van der Waals surface area contributed by atoms with Crippen LogP contribution in [0.5, 0.6) is 0 Å². The van der Waals surface area contributed by atoms with Crippen LogP contribution in [-0.4, -0.2) is 50.6 Å². The molecule has 0 radical (unpaired) electrons. The Labute approximate surface area is 189 Å². The van der Waals surface area contributed by atoms with Crippen molar-refractivity contribution in [3.63, 3.8) is 0 Å². The first-order chi connectivity index (χ1) is 14.5. The van der Waals surface area contributed by atoms with Gasteiger partial charge in [-0.15, -0.1) is 0 Å². The Morgan fingerprint density at radius 2 is 1.70 bits per heavy atom. The number of nitrogens with zero attached hydrogens (tertiary/aromatic N) is 3. The van der Waals surface area contributed by atoms with Crippen LogP contribution in [0.1, 0.15) is 31.2 Å². The smallest absolute Gasteiger partial charge is 0.230 e. The molecule has 1 amide bonds. The molecule has 2 aliphatic rings. The summed E-state index contributed by atoms with van der Waals surface area (Å²) < 4.78 is 0. The largest absolute Gasteiger partial charge is 0.369 e. The van der Waals surface area contributed by atoms with E-state index in [-0.39, 0.29) is 17.7 Å². The highest BCUT2D eigenvalue weighted by Crippen LogP contribution is 2.39. The molecule has 0 aliphatic carbocycles. The van der Waals surface area contributed by atoms with Crippen LogP contribution < -0.4 is 9.80 Å². The van der Waals surface area contributed by atoms with Crippen molar-refractivity contribution in [1.82, 2.24) is 4.90 Å². The van der Waals surface area contributed by atoms with Gasteiger partial charge in [-0.05, 0) is 55.6 Å². The maximum atomic E-state index is 13.5. The Morgan fingerprint density at radius 3 is 2.43 bits per heavy atom. The summed E-state index contributed by atoms with van der Waals surface area (Å²) >= 11 is 12.3. The van der Waals surface area contributed by atoms with Crippen LogP contribution in [0.2, 0.25) is 10.0 Å². The Kier molecular flexibility index (Phi) is 6.57. The van der Waals surface area contributed by atoms with Gasteiger partial charge in [0.05, 0.1) is 10.0 Å². The fourth-order valence-electron chi connectivity index (χ4n) is 4.70. The molecule has 30 heavy (non-hydrogen) atoms. The summed E-state index contributed by atoms with van der Waals surface area (Å²) in [5, 5.41) is 0.994. The summed E-state index contributed by atoms with van der Waals surface area (Å²) in [6.07, 6.45) is 1.90. The number of halogens is 2. The van der Waals surface area contributed by atoms with Crippen molar-refractivity contribution in [1.29, 1.82) is 0 Å². The van der Waals surface area contributed by atoms with Crippen LogP contribution in [0.3, 0.4) is 0 Å². The average molecular weight is 446 g/mol. The lowest BCUT2D eigenvalue weighted by Gasteiger charge is -2.39. The monoisotopic (exact) mass is 445 g/mol. The number of hydrogen-bond donors (Lipinski definition) is 0. The molecule has 0 spiro atoms. The summed E-state index contributed by atoms with van der Waals surface area (Å²) in [5.74, 6) is 0.293. The second-order valence-electron chi connectivity index (χ2n) is 8.47. The molecule has 2 aliphatic heterocycles. The number of piperidine rings is 1. The molecule has 2 unspecified atom stereocenters. The first kappa shape index (κ1) is 21.5. The molecular weight excluding hydrogens is 417 g/mol. The van der Waals surface area contributed by atoms with Gasteiger partial charge in [0, 0.05) is 50.0 Å². The van der Waals surface area contributed by atoms with Crippen LogP contribution in [0, 0.1) is 5.92 Å². The summed E-state index contributed by atoms with van der Waals surface area (Å²) in [6, 6.07) is 14.1. The predicted octanol–water partition coefficient (Wildman–Crippen LogP) is 5.29. The highest BCUT2D eigenvalue weighted by Gasteiger charge is 2.35. The van der Waals surface area contributed by atoms with E-state index in [1.165, 1.54) is 11.3 Å². The van der Waals surface area contributed by atoms with Crippen LogP contribution >= 0.6 is 23.2 Å². The number of carbonyl (C=O) groups is 1. The number of hydrogen-bond acceptors (Lipinski definition) is 3. The SMILES string of the molecule is CC(c1ccccc1N1CCN(C)CC1)C1CCCN(c2ccc(Cl)c(Cl)c2)C1=O. The fourth-order valence-corrected chi connectivity index (χ4v) is 4.99. The minimum absolute atomic E-state index is 0.0400. The van der Waals surface area contributed by atoms with E-state index >= 15 is 0 Å². The highest BCUT2D eigenvalue weighted by molar-refractivity contribution is 6.42. The van der Waals surface area contributed by atoms with Gasteiger partial charge in [-0.2, -0.15) is 0 Å². The number of amides is 1. The van der Waals surface area contributed by atoms with Crippen molar-refractivity contribution in [2.24, 2.45) is 5.92 Å².